The first kappa shape index (κ1) is 11.7. The molecule has 0 aliphatic carbocycles. The zero-order valence-electron chi connectivity index (χ0n) is 10.00. The molecule has 0 atom stereocenters. The van der Waals surface area contributed by atoms with E-state index in [1.54, 1.807) is 12.3 Å². The summed E-state index contributed by atoms with van der Waals surface area (Å²) in [5.74, 6) is -0.710. The molecule has 1 aliphatic rings. The number of carbonyl (C=O) groups is 1. The standard InChI is InChI=1S/C12H11N5O2/c18-12(19)10-7-1-3-13-5-9(7)16-11(17-10)8-2-4-14-6-15-8/h2,4,6,13H,1,3,5H2,(H,18,19). The van der Waals surface area contributed by atoms with Crippen molar-refractivity contribution in [1.82, 2.24) is 25.3 Å². The number of aromatic nitrogens is 4. The van der Waals surface area contributed by atoms with Gasteiger partial charge >= 0.3 is 5.97 Å². The normalized spacial score (nSPS) is 13.9. The first-order valence-electron chi connectivity index (χ1n) is 5.86. The monoisotopic (exact) mass is 257 g/mol. The van der Waals surface area contributed by atoms with Gasteiger partial charge in [0.05, 0.1) is 5.69 Å². The Morgan fingerprint density at radius 2 is 2.26 bits per heavy atom. The van der Waals surface area contributed by atoms with E-state index < -0.39 is 5.97 Å². The summed E-state index contributed by atoms with van der Waals surface area (Å²) in [5, 5.41) is 12.4. The van der Waals surface area contributed by atoms with Crippen molar-refractivity contribution in [3.05, 3.63) is 35.5 Å². The number of nitrogens with zero attached hydrogens (tertiary/aromatic N) is 4. The Hall–Kier alpha value is -2.41. The van der Waals surface area contributed by atoms with Crippen LogP contribution in [0.4, 0.5) is 0 Å². The lowest BCUT2D eigenvalue weighted by Crippen LogP contribution is -2.27. The van der Waals surface area contributed by atoms with Gasteiger partial charge in [-0.05, 0) is 19.0 Å². The van der Waals surface area contributed by atoms with Crippen LogP contribution in [-0.4, -0.2) is 37.6 Å². The van der Waals surface area contributed by atoms with E-state index in [0.717, 1.165) is 12.2 Å². The third-order valence-electron chi connectivity index (χ3n) is 2.95. The van der Waals surface area contributed by atoms with E-state index >= 15 is 0 Å². The molecule has 0 bridgehead atoms. The molecule has 0 radical (unpaired) electrons. The topological polar surface area (TPSA) is 101 Å². The van der Waals surface area contributed by atoms with Crippen LogP contribution in [0.15, 0.2) is 18.6 Å². The first-order valence-corrected chi connectivity index (χ1v) is 5.86. The molecule has 3 rings (SSSR count). The van der Waals surface area contributed by atoms with Gasteiger partial charge < -0.3 is 10.4 Å². The van der Waals surface area contributed by atoms with Crippen LogP contribution in [-0.2, 0) is 13.0 Å². The Balaban J connectivity index is 2.17. The summed E-state index contributed by atoms with van der Waals surface area (Å²) in [5.41, 5.74) is 2.03. The predicted octanol–water partition coefficient (Wildman–Crippen LogP) is 0.277. The summed E-state index contributed by atoms with van der Waals surface area (Å²) in [4.78, 5) is 27.7. The molecule has 1 aliphatic heterocycles. The molecular weight excluding hydrogens is 246 g/mol. The number of rotatable bonds is 2. The van der Waals surface area contributed by atoms with Crippen molar-refractivity contribution >= 4 is 5.97 Å². The largest absolute Gasteiger partial charge is 0.476 e. The quantitative estimate of drug-likeness (QED) is 0.796. The summed E-state index contributed by atoms with van der Waals surface area (Å²) >= 11 is 0. The fraction of sp³-hybridized carbons (Fsp3) is 0.250. The second-order valence-corrected chi connectivity index (χ2v) is 4.15. The number of nitrogens with one attached hydrogen (secondary N) is 1. The van der Waals surface area contributed by atoms with Gasteiger partial charge in [-0.15, -0.1) is 0 Å². The molecule has 0 saturated carbocycles. The van der Waals surface area contributed by atoms with Gasteiger partial charge in [0.1, 0.15) is 12.0 Å². The van der Waals surface area contributed by atoms with Gasteiger partial charge in [0.15, 0.2) is 11.5 Å². The fourth-order valence-corrected chi connectivity index (χ4v) is 2.07. The molecule has 96 valence electrons. The smallest absolute Gasteiger partial charge is 0.354 e. The average molecular weight is 257 g/mol. The van der Waals surface area contributed by atoms with Crippen LogP contribution < -0.4 is 5.32 Å². The SMILES string of the molecule is O=C(O)c1nc(-c2ccncn2)nc2c1CCNC2. The molecule has 7 nitrogen and oxygen atoms in total. The highest BCUT2D eigenvalue weighted by Crippen LogP contribution is 2.20. The van der Waals surface area contributed by atoms with Gasteiger partial charge in [-0.2, -0.15) is 0 Å². The molecule has 2 aromatic rings. The van der Waals surface area contributed by atoms with Crippen LogP contribution in [0, 0.1) is 0 Å². The Morgan fingerprint density at radius 3 is 3.00 bits per heavy atom. The number of carboxylic acids is 1. The zero-order valence-corrected chi connectivity index (χ0v) is 10.00. The zero-order chi connectivity index (χ0) is 13.2. The van der Waals surface area contributed by atoms with Gasteiger partial charge in [-0.3, -0.25) is 0 Å². The van der Waals surface area contributed by atoms with Crippen LogP contribution in [0.2, 0.25) is 0 Å². The van der Waals surface area contributed by atoms with E-state index in [0.29, 0.717) is 30.0 Å². The fourth-order valence-electron chi connectivity index (χ4n) is 2.07. The van der Waals surface area contributed by atoms with E-state index in [1.807, 2.05) is 0 Å². The summed E-state index contributed by atoms with van der Waals surface area (Å²) in [6.45, 7) is 1.29. The second kappa shape index (κ2) is 4.69. The molecule has 0 spiro atoms. The third-order valence-corrected chi connectivity index (χ3v) is 2.95. The Bertz CT molecular complexity index is 630. The molecule has 7 heteroatoms. The van der Waals surface area contributed by atoms with Crippen molar-refractivity contribution in [2.75, 3.05) is 6.54 Å². The van der Waals surface area contributed by atoms with Gasteiger partial charge in [0, 0.05) is 18.3 Å². The van der Waals surface area contributed by atoms with Gasteiger partial charge in [-0.25, -0.2) is 24.7 Å². The maximum absolute atomic E-state index is 11.3. The molecule has 0 fully saturated rings. The van der Waals surface area contributed by atoms with Crippen LogP contribution in [0.1, 0.15) is 21.7 Å². The van der Waals surface area contributed by atoms with Crippen LogP contribution >= 0.6 is 0 Å². The van der Waals surface area contributed by atoms with Crippen molar-refractivity contribution in [1.29, 1.82) is 0 Å². The highest BCUT2D eigenvalue weighted by Gasteiger charge is 2.22. The van der Waals surface area contributed by atoms with Gasteiger partial charge in [-0.1, -0.05) is 0 Å². The summed E-state index contributed by atoms with van der Waals surface area (Å²) < 4.78 is 0. The van der Waals surface area contributed by atoms with Crippen LogP contribution in [0.3, 0.4) is 0 Å². The minimum atomic E-state index is -1.03. The minimum absolute atomic E-state index is 0.0695. The summed E-state index contributed by atoms with van der Waals surface area (Å²) in [6.07, 6.45) is 3.59. The van der Waals surface area contributed by atoms with E-state index in [-0.39, 0.29) is 5.69 Å². The lowest BCUT2D eigenvalue weighted by molar-refractivity contribution is 0.0688. The molecular formula is C12H11N5O2. The predicted molar refractivity (Wildman–Crippen MR) is 65.4 cm³/mol. The van der Waals surface area contributed by atoms with Crippen molar-refractivity contribution in [3.8, 4) is 11.5 Å². The van der Waals surface area contributed by atoms with Crippen molar-refractivity contribution < 1.29 is 9.90 Å². The lowest BCUT2D eigenvalue weighted by atomic mass is 10.0. The molecule has 0 saturated heterocycles. The van der Waals surface area contributed by atoms with E-state index in [2.05, 4.69) is 25.3 Å². The van der Waals surface area contributed by atoms with Gasteiger partial charge in [0.25, 0.3) is 0 Å². The number of hydrogen-bond donors (Lipinski definition) is 2. The lowest BCUT2D eigenvalue weighted by Gasteiger charge is -2.18. The molecule has 2 N–H and O–H groups in total. The second-order valence-electron chi connectivity index (χ2n) is 4.15. The van der Waals surface area contributed by atoms with Crippen molar-refractivity contribution in [2.24, 2.45) is 0 Å². The Kier molecular flexibility index (Phi) is 2.88. The number of carboxylic acid groups (broad SMARTS) is 1. The molecule has 19 heavy (non-hydrogen) atoms. The molecule has 0 amide bonds. The number of aromatic carboxylic acids is 1. The van der Waals surface area contributed by atoms with Crippen LogP contribution in [0.5, 0.6) is 0 Å². The Morgan fingerprint density at radius 1 is 1.37 bits per heavy atom. The highest BCUT2D eigenvalue weighted by molar-refractivity contribution is 5.88. The highest BCUT2D eigenvalue weighted by atomic mass is 16.4. The summed E-state index contributed by atoms with van der Waals surface area (Å²) in [6, 6.07) is 1.66. The minimum Gasteiger partial charge on any atom is -0.476 e. The van der Waals surface area contributed by atoms with E-state index in [4.69, 9.17) is 0 Å². The number of fused-ring (bicyclic) bond motifs is 1. The van der Waals surface area contributed by atoms with Crippen molar-refractivity contribution in [3.63, 3.8) is 0 Å². The van der Waals surface area contributed by atoms with E-state index in [1.165, 1.54) is 6.33 Å². The van der Waals surface area contributed by atoms with Gasteiger partial charge in [0.2, 0.25) is 0 Å². The first-order chi connectivity index (χ1) is 9.25. The maximum Gasteiger partial charge on any atom is 0.354 e. The average Bonchev–Trinajstić information content (AvgIpc) is 2.47. The number of hydrogen-bond acceptors (Lipinski definition) is 6. The molecule has 3 heterocycles. The maximum atomic E-state index is 11.3. The molecule has 0 aromatic carbocycles. The van der Waals surface area contributed by atoms with Crippen molar-refractivity contribution in [2.45, 2.75) is 13.0 Å². The Labute approximate surface area is 108 Å². The van der Waals surface area contributed by atoms with E-state index in [9.17, 15) is 9.90 Å². The summed E-state index contributed by atoms with van der Waals surface area (Å²) in [7, 11) is 0. The van der Waals surface area contributed by atoms with Crippen LogP contribution in [0.25, 0.3) is 11.5 Å². The third kappa shape index (κ3) is 2.15. The molecule has 0 unspecified atom stereocenters. The molecule has 2 aromatic heterocycles.